The maximum Gasteiger partial charge on any atom is 0.0217 e. The van der Waals surface area contributed by atoms with E-state index in [0.29, 0.717) is 6.04 Å². The van der Waals surface area contributed by atoms with Crippen LogP contribution in [0.5, 0.6) is 0 Å². The van der Waals surface area contributed by atoms with Crippen LogP contribution in [-0.2, 0) is 0 Å². The molecule has 0 aromatic rings. The van der Waals surface area contributed by atoms with Gasteiger partial charge < -0.3 is 15.1 Å². The summed E-state index contributed by atoms with van der Waals surface area (Å²) in [6.07, 6.45) is 4.01. The van der Waals surface area contributed by atoms with Crippen LogP contribution in [0, 0.1) is 11.8 Å². The van der Waals surface area contributed by atoms with Crippen molar-refractivity contribution in [1.82, 2.24) is 15.1 Å². The van der Waals surface area contributed by atoms with Crippen LogP contribution in [0.2, 0.25) is 0 Å². The third-order valence-corrected chi connectivity index (χ3v) is 4.49. The third-order valence-electron chi connectivity index (χ3n) is 4.49. The Kier molecular flexibility index (Phi) is 7.20. The van der Waals surface area contributed by atoms with Gasteiger partial charge in [-0.3, -0.25) is 0 Å². The Bertz CT molecular complexity index is 210. The van der Waals surface area contributed by atoms with Crippen LogP contribution in [0.3, 0.4) is 0 Å². The average Bonchev–Trinajstić information content (AvgIpc) is 2.36. The maximum absolute atomic E-state index is 3.49. The van der Waals surface area contributed by atoms with Crippen molar-refractivity contribution in [2.45, 2.75) is 39.2 Å². The lowest BCUT2D eigenvalue weighted by Gasteiger charge is -2.36. The first kappa shape index (κ1) is 15.9. The van der Waals surface area contributed by atoms with E-state index in [9.17, 15) is 0 Å². The maximum atomic E-state index is 3.49. The van der Waals surface area contributed by atoms with Gasteiger partial charge in [0.25, 0.3) is 0 Å². The van der Waals surface area contributed by atoms with Crippen molar-refractivity contribution in [2.75, 3.05) is 47.3 Å². The fraction of sp³-hybridized carbons (Fsp3) is 1.00. The molecule has 0 aromatic carbocycles. The molecular formula is C15H33N3. The highest BCUT2D eigenvalue weighted by Gasteiger charge is 2.23. The van der Waals surface area contributed by atoms with Gasteiger partial charge in [-0.25, -0.2) is 0 Å². The largest absolute Gasteiger partial charge is 0.315 e. The number of likely N-dealkylation sites (N-methyl/N-ethyl adjacent to an activating group) is 1. The van der Waals surface area contributed by atoms with Gasteiger partial charge in [0.2, 0.25) is 0 Å². The lowest BCUT2D eigenvalue weighted by atomic mass is 9.94. The number of rotatable bonds is 7. The molecule has 1 fully saturated rings. The molecule has 1 heterocycles. The van der Waals surface area contributed by atoms with Crippen LogP contribution in [0.15, 0.2) is 0 Å². The molecule has 0 aliphatic carbocycles. The molecule has 1 aliphatic rings. The van der Waals surface area contributed by atoms with Crippen LogP contribution in [0.25, 0.3) is 0 Å². The van der Waals surface area contributed by atoms with Crippen molar-refractivity contribution < 1.29 is 0 Å². The van der Waals surface area contributed by atoms with Gasteiger partial charge >= 0.3 is 0 Å². The van der Waals surface area contributed by atoms with E-state index < -0.39 is 0 Å². The van der Waals surface area contributed by atoms with E-state index in [1.165, 1.54) is 45.4 Å². The first-order valence-corrected chi connectivity index (χ1v) is 7.61. The van der Waals surface area contributed by atoms with Crippen LogP contribution in [0.1, 0.15) is 33.1 Å². The lowest BCUT2D eigenvalue weighted by Crippen LogP contribution is -2.46. The fourth-order valence-corrected chi connectivity index (χ4v) is 2.99. The highest BCUT2D eigenvalue weighted by atomic mass is 15.2. The minimum atomic E-state index is 0.653. The summed E-state index contributed by atoms with van der Waals surface area (Å²) in [6.45, 7) is 9.70. The predicted octanol–water partition coefficient (Wildman–Crippen LogP) is 1.89. The van der Waals surface area contributed by atoms with Gasteiger partial charge in [-0.2, -0.15) is 0 Å². The molecule has 0 radical (unpaired) electrons. The fourth-order valence-electron chi connectivity index (χ4n) is 2.99. The zero-order valence-corrected chi connectivity index (χ0v) is 13.1. The molecule has 1 saturated heterocycles. The van der Waals surface area contributed by atoms with E-state index >= 15 is 0 Å². The van der Waals surface area contributed by atoms with Crippen molar-refractivity contribution in [2.24, 2.45) is 11.8 Å². The van der Waals surface area contributed by atoms with Crippen molar-refractivity contribution in [3.8, 4) is 0 Å². The van der Waals surface area contributed by atoms with E-state index in [2.05, 4.69) is 50.1 Å². The summed E-state index contributed by atoms with van der Waals surface area (Å²) in [5.41, 5.74) is 0. The summed E-state index contributed by atoms with van der Waals surface area (Å²) in [5.74, 6) is 1.68. The van der Waals surface area contributed by atoms with Crippen molar-refractivity contribution in [3.63, 3.8) is 0 Å². The number of likely N-dealkylation sites (tertiary alicyclic amines) is 1. The zero-order chi connectivity index (χ0) is 13.5. The van der Waals surface area contributed by atoms with Crippen molar-refractivity contribution in [1.29, 1.82) is 0 Å². The van der Waals surface area contributed by atoms with E-state index in [-0.39, 0.29) is 0 Å². The number of hydrogen-bond donors (Lipinski definition) is 1. The average molecular weight is 255 g/mol. The monoisotopic (exact) mass is 255 g/mol. The molecule has 0 spiro atoms. The van der Waals surface area contributed by atoms with Crippen LogP contribution < -0.4 is 5.32 Å². The van der Waals surface area contributed by atoms with Gasteiger partial charge in [0.1, 0.15) is 0 Å². The second-order valence-corrected chi connectivity index (χ2v) is 6.29. The van der Waals surface area contributed by atoms with Gasteiger partial charge in [-0.1, -0.05) is 20.3 Å². The van der Waals surface area contributed by atoms with Crippen LogP contribution in [-0.4, -0.2) is 63.2 Å². The molecule has 1 N–H and O–H groups in total. The number of nitrogens with zero attached hydrogens (tertiary/aromatic N) is 2. The summed E-state index contributed by atoms with van der Waals surface area (Å²) < 4.78 is 0. The molecule has 1 aliphatic heterocycles. The minimum Gasteiger partial charge on any atom is -0.315 e. The Morgan fingerprint density at radius 3 is 2.33 bits per heavy atom. The second kappa shape index (κ2) is 8.13. The molecule has 0 aromatic heterocycles. The molecule has 0 saturated carbocycles. The van der Waals surface area contributed by atoms with Crippen molar-refractivity contribution in [3.05, 3.63) is 0 Å². The number of hydrogen-bond acceptors (Lipinski definition) is 3. The Balaban J connectivity index is 2.29. The Morgan fingerprint density at radius 2 is 1.89 bits per heavy atom. The molecular weight excluding hydrogens is 222 g/mol. The zero-order valence-electron chi connectivity index (χ0n) is 13.1. The quantitative estimate of drug-likeness (QED) is 0.749. The molecule has 2 atom stereocenters. The normalized spacial score (nSPS) is 22.3. The summed E-state index contributed by atoms with van der Waals surface area (Å²) in [5, 5.41) is 3.49. The van der Waals surface area contributed by atoms with Gasteiger partial charge in [0.15, 0.2) is 0 Å². The third kappa shape index (κ3) is 5.25. The second-order valence-electron chi connectivity index (χ2n) is 6.29. The Morgan fingerprint density at radius 1 is 1.28 bits per heavy atom. The number of nitrogens with one attached hydrogen (secondary N) is 1. The first-order chi connectivity index (χ1) is 8.56. The van der Waals surface area contributed by atoms with Crippen molar-refractivity contribution >= 4 is 0 Å². The summed E-state index contributed by atoms with van der Waals surface area (Å²) in [4.78, 5) is 4.98. The molecule has 3 heteroatoms. The summed E-state index contributed by atoms with van der Waals surface area (Å²) in [7, 11) is 6.48. The Labute approximate surface area is 114 Å². The van der Waals surface area contributed by atoms with E-state index in [1.807, 2.05) is 0 Å². The molecule has 3 nitrogen and oxygen atoms in total. The minimum absolute atomic E-state index is 0.653. The summed E-state index contributed by atoms with van der Waals surface area (Å²) in [6, 6.07) is 0.653. The van der Waals surface area contributed by atoms with Crippen LogP contribution in [0.4, 0.5) is 0 Å². The molecule has 108 valence electrons. The van der Waals surface area contributed by atoms with E-state index in [4.69, 9.17) is 0 Å². The molecule has 0 bridgehead atoms. The number of piperidine rings is 1. The van der Waals surface area contributed by atoms with E-state index in [0.717, 1.165) is 11.8 Å². The summed E-state index contributed by atoms with van der Waals surface area (Å²) >= 11 is 0. The van der Waals surface area contributed by atoms with Crippen LogP contribution >= 0.6 is 0 Å². The lowest BCUT2D eigenvalue weighted by molar-refractivity contribution is 0.141. The molecule has 18 heavy (non-hydrogen) atoms. The van der Waals surface area contributed by atoms with Gasteiger partial charge in [0.05, 0.1) is 0 Å². The highest BCUT2D eigenvalue weighted by Crippen LogP contribution is 2.19. The van der Waals surface area contributed by atoms with Gasteiger partial charge in [-0.05, 0) is 58.9 Å². The first-order valence-electron chi connectivity index (χ1n) is 7.61. The molecule has 2 unspecified atom stereocenters. The Hall–Kier alpha value is -0.120. The smallest absolute Gasteiger partial charge is 0.0217 e. The molecule has 0 amide bonds. The highest BCUT2D eigenvalue weighted by molar-refractivity contribution is 4.80. The predicted molar refractivity (Wildman–Crippen MR) is 80.0 cm³/mol. The SMILES string of the molecule is CCC(C)C(CN1CCC(CN(C)C)CC1)NC. The van der Waals surface area contributed by atoms with Gasteiger partial charge in [-0.15, -0.1) is 0 Å². The van der Waals surface area contributed by atoms with Gasteiger partial charge in [0, 0.05) is 19.1 Å². The molecule has 1 rings (SSSR count). The topological polar surface area (TPSA) is 18.5 Å². The van der Waals surface area contributed by atoms with E-state index in [1.54, 1.807) is 0 Å². The standard InChI is InChI=1S/C15H33N3/c1-6-13(2)15(16-3)12-18-9-7-14(8-10-18)11-17(4)5/h13-16H,6-12H2,1-5H3.